The van der Waals surface area contributed by atoms with Gasteiger partial charge in [-0.2, -0.15) is 0 Å². The second-order valence-electron chi connectivity index (χ2n) is 15.5. The predicted molar refractivity (Wildman–Crippen MR) is 189 cm³/mol. The Kier molecular flexibility index (Phi) is 9.67. The van der Waals surface area contributed by atoms with Crippen molar-refractivity contribution in [3.63, 3.8) is 0 Å². The van der Waals surface area contributed by atoms with Crippen LogP contribution in [0.4, 0.5) is 14.9 Å². The Hall–Kier alpha value is -4.84. The van der Waals surface area contributed by atoms with E-state index in [0.717, 1.165) is 28.1 Å². The molecule has 12 heteroatoms. The van der Waals surface area contributed by atoms with Crippen molar-refractivity contribution in [2.24, 2.45) is 0 Å². The molecule has 1 aromatic heterocycles. The number of carbonyl (C=O) groups is 4. The summed E-state index contributed by atoms with van der Waals surface area (Å²) in [6.45, 7) is 13.3. The van der Waals surface area contributed by atoms with Crippen molar-refractivity contribution in [1.82, 2.24) is 19.7 Å². The SMILES string of the molecule is COC(=O)c1ccc2c(c1)C(=O)N(C[C@H]1CN(C(=O)OC(C)(C)C)[C@H](C)CN1CC(=O)N1CC(C)(C)c3ncc(Cc4ccc(F)cc4)cc31)C2. The topological polar surface area (TPSA) is 113 Å². The fourth-order valence-electron chi connectivity index (χ4n) is 7.25. The average molecular weight is 700 g/mol. The molecule has 0 unspecified atom stereocenters. The molecular weight excluding hydrogens is 653 g/mol. The normalized spacial score (nSPS) is 19.9. The van der Waals surface area contributed by atoms with E-state index < -0.39 is 17.7 Å². The van der Waals surface area contributed by atoms with E-state index in [2.05, 4.69) is 18.7 Å². The smallest absolute Gasteiger partial charge is 0.410 e. The molecule has 0 saturated carbocycles. The molecule has 1 saturated heterocycles. The first-order valence-electron chi connectivity index (χ1n) is 17.3. The van der Waals surface area contributed by atoms with Gasteiger partial charge in [0.05, 0.1) is 30.6 Å². The highest BCUT2D eigenvalue weighted by Crippen LogP contribution is 2.40. The Bertz CT molecular complexity index is 1860. The van der Waals surface area contributed by atoms with Crippen LogP contribution in [0.2, 0.25) is 0 Å². The highest BCUT2D eigenvalue weighted by molar-refractivity contribution is 6.01. The van der Waals surface area contributed by atoms with Crippen LogP contribution in [0.25, 0.3) is 0 Å². The van der Waals surface area contributed by atoms with E-state index in [0.29, 0.717) is 37.2 Å². The molecule has 2 aromatic carbocycles. The summed E-state index contributed by atoms with van der Waals surface area (Å²) in [4.78, 5) is 65.6. The van der Waals surface area contributed by atoms with Gasteiger partial charge in [0.25, 0.3) is 5.91 Å². The van der Waals surface area contributed by atoms with Gasteiger partial charge in [-0.1, -0.05) is 32.0 Å². The van der Waals surface area contributed by atoms with Gasteiger partial charge in [0.15, 0.2) is 0 Å². The van der Waals surface area contributed by atoms with Gasteiger partial charge in [-0.3, -0.25) is 19.5 Å². The molecule has 3 aliphatic rings. The van der Waals surface area contributed by atoms with Crippen molar-refractivity contribution < 1.29 is 33.0 Å². The van der Waals surface area contributed by atoms with Crippen molar-refractivity contribution >= 4 is 29.6 Å². The lowest BCUT2D eigenvalue weighted by molar-refractivity contribution is -0.121. The molecule has 0 radical (unpaired) electrons. The third-order valence-corrected chi connectivity index (χ3v) is 9.79. The number of piperazine rings is 1. The molecule has 3 aliphatic heterocycles. The Morgan fingerprint density at radius 1 is 1.02 bits per heavy atom. The number of aromatic nitrogens is 1. The quantitative estimate of drug-likeness (QED) is 0.310. The van der Waals surface area contributed by atoms with Crippen LogP contribution in [-0.2, 0) is 32.6 Å². The molecule has 0 bridgehead atoms. The van der Waals surface area contributed by atoms with E-state index in [1.165, 1.54) is 19.2 Å². The molecule has 2 atom stereocenters. The number of amides is 3. The molecule has 3 amide bonds. The van der Waals surface area contributed by atoms with Gasteiger partial charge >= 0.3 is 12.1 Å². The van der Waals surface area contributed by atoms with Crippen molar-refractivity contribution in [1.29, 1.82) is 0 Å². The van der Waals surface area contributed by atoms with Gasteiger partial charge in [-0.25, -0.2) is 14.0 Å². The average Bonchev–Trinajstić information content (AvgIpc) is 3.53. The van der Waals surface area contributed by atoms with Crippen LogP contribution in [0.5, 0.6) is 0 Å². The number of methoxy groups -OCH3 is 1. The largest absolute Gasteiger partial charge is 0.465 e. The first kappa shape index (κ1) is 36.0. The van der Waals surface area contributed by atoms with Crippen molar-refractivity contribution in [2.45, 2.75) is 77.6 Å². The molecule has 51 heavy (non-hydrogen) atoms. The fourth-order valence-corrected chi connectivity index (χ4v) is 7.25. The van der Waals surface area contributed by atoms with Crippen LogP contribution in [0, 0.1) is 5.82 Å². The minimum absolute atomic E-state index is 0.0658. The van der Waals surface area contributed by atoms with E-state index in [1.807, 2.05) is 40.0 Å². The number of esters is 1. The summed E-state index contributed by atoms with van der Waals surface area (Å²) in [5.41, 5.74) is 3.91. The fraction of sp³-hybridized carbons (Fsp3) is 0.462. The third kappa shape index (κ3) is 7.61. The van der Waals surface area contributed by atoms with Gasteiger partial charge in [-0.05, 0) is 81.1 Å². The maximum atomic E-state index is 14.3. The van der Waals surface area contributed by atoms with Crippen molar-refractivity contribution in [3.05, 3.63) is 94.1 Å². The number of hydrogen-bond donors (Lipinski definition) is 0. The highest BCUT2D eigenvalue weighted by Gasteiger charge is 2.43. The monoisotopic (exact) mass is 699 g/mol. The van der Waals surface area contributed by atoms with Crippen molar-refractivity contribution in [3.8, 4) is 0 Å². The zero-order chi connectivity index (χ0) is 36.8. The van der Waals surface area contributed by atoms with E-state index in [-0.39, 0.29) is 54.8 Å². The molecule has 270 valence electrons. The maximum absolute atomic E-state index is 14.3. The lowest BCUT2D eigenvalue weighted by Gasteiger charge is -2.46. The maximum Gasteiger partial charge on any atom is 0.410 e. The molecular formula is C39H46FN5O6. The van der Waals surface area contributed by atoms with Crippen LogP contribution in [-0.4, -0.2) is 101 Å². The second-order valence-corrected chi connectivity index (χ2v) is 15.5. The van der Waals surface area contributed by atoms with Crippen LogP contribution < -0.4 is 4.90 Å². The molecule has 11 nitrogen and oxygen atoms in total. The Labute approximate surface area is 298 Å². The molecule has 0 aliphatic carbocycles. The highest BCUT2D eigenvalue weighted by atomic mass is 19.1. The number of anilines is 1. The number of ether oxygens (including phenoxy) is 2. The Balaban J connectivity index is 1.24. The summed E-state index contributed by atoms with van der Waals surface area (Å²) < 4.78 is 24.1. The summed E-state index contributed by atoms with van der Waals surface area (Å²) in [5.74, 6) is -1.15. The molecule has 4 heterocycles. The number of benzene rings is 2. The van der Waals surface area contributed by atoms with Gasteiger partial charge in [0.1, 0.15) is 11.4 Å². The molecule has 0 N–H and O–H groups in total. The van der Waals surface area contributed by atoms with E-state index in [9.17, 15) is 23.6 Å². The molecule has 0 spiro atoms. The van der Waals surface area contributed by atoms with Crippen molar-refractivity contribution in [2.75, 3.05) is 44.7 Å². The van der Waals surface area contributed by atoms with Crippen LogP contribution in [0.3, 0.4) is 0 Å². The number of pyridine rings is 1. The first-order valence-corrected chi connectivity index (χ1v) is 17.3. The Morgan fingerprint density at radius 2 is 1.75 bits per heavy atom. The lowest BCUT2D eigenvalue weighted by Crippen LogP contribution is -2.63. The van der Waals surface area contributed by atoms with Crippen LogP contribution in [0.1, 0.15) is 84.6 Å². The third-order valence-electron chi connectivity index (χ3n) is 9.79. The zero-order valence-corrected chi connectivity index (χ0v) is 30.4. The predicted octanol–water partition coefficient (Wildman–Crippen LogP) is 5.19. The summed E-state index contributed by atoms with van der Waals surface area (Å²) in [5, 5.41) is 0. The number of nitrogens with zero attached hydrogens (tertiary/aromatic N) is 5. The summed E-state index contributed by atoms with van der Waals surface area (Å²) in [7, 11) is 1.30. The standard InChI is InChI=1S/C39H46FN5O6/c1-24-18-42(22-33(46)45-23-39(5,6)34-32(45)15-26(17-41-34)14-25-8-12-29(40)13-9-25)30(21-44(24)37(49)51-38(2,3)4)20-43-19-28-11-10-27(36(48)50-7)16-31(28)35(43)47/h8-13,15-17,24,30H,14,18-23H2,1-7H3/t24-,30+/m1/s1. The van der Waals surface area contributed by atoms with Gasteiger partial charge in [-0.15, -0.1) is 0 Å². The first-order chi connectivity index (χ1) is 24.0. The van der Waals surface area contributed by atoms with E-state index in [1.54, 1.807) is 45.0 Å². The summed E-state index contributed by atoms with van der Waals surface area (Å²) >= 11 is 0. The summed E-state index contributed by atoms with van der Waals surface area (Å²) in [6.07, 6.45) is 1.92. The van der Waals surface area contributed by atoms with Gasteiger partial charge in [0, 0.05) is 62.0 Å². The molecule has 3 aromatic rings. The molecule has 6 rings (SSSR count). The number of fused-ring (bicyclic) bond motifs is 2. The van der Waals surface area contributed by atoms with E-state index >= 15 is 0 Å². The zero-order valence-electron chi connectivity index (χ0n) is 30.4. The minimum Gasteiger partial charge on any atom is -0.465 e. The number of hydrogen-bond acceptors (Lipinski definition) is 8. The van der Waals surface area contributed by atoms with Crippen LogP contribution in [0.15, 0.2) is 54.7 Å². The van der Waals surface area contributed by atoms with Crippen LogP contribution >= 0.6 is 0 Å². The van der Waals surface area contributed by atoms with Gasteiger partial charge < -0.3 is 24.2 Å². The summed E-state index contributed by atoms with van der Waals surface area (Å²) in [6, 6.07) is 12.7. The number of halogens is 1. The van der Waals surface area contributed by atoms with E-state index in [4.69, 9.17) is 14.5 Å². The molecule has 1 fully saturated rings. The number of rotatable bonds is 7. The second kappa shape index (κ2) is 13.7. The number of carbonyl (C=O) groups excluding carboxylic acids is 4. The Morgan fingerprint density at radius 3 is 2.43 bits per heavy atom. The lowest BCUT2D eigenvalue weighted by atomic mass is 9.91. The minimum atomic E-state index is -0.692. The van der Waals surface area contributed by atoms with Gasteiger partial charge in [0.2, 0.25) is 5.91 Å².